The normalized spacial score (nSPS) is 10.6. The van der Waals surface area contributed by atoms with Gasteiger partial charge >= 0.3 is 0 Å². The van der Waals surface area contributed by atoms with Crippen LogP contribution in [0.2, 0.25) is 0 Å². The summed E-state index contributed by atoms with van der Waals surface area (Å²) in [5, 5.41) is 14.4. The van der Waals surface area contributed by atoms with E-state index in [1.165, 1.54) is 11.8 Å². The Labute approximate surface area is 154 Å². The maximum Gasteiger partial charge on any atom is 0.237 e. The van der Waals surface area contributed by atoms with Gasteiger partial charge in [0.25, 0.3) is 0 Å². The van der Waals surface area contributed by atoms with E-state index >= 15 is 0 Å². The standard InChI is InChI=1S/C17H17N5OS2/c1-2-10-21(14-7-4-3-5-8-14)16(23)13-25-17-18-19-20-22(17)12-15-9-6-11-24-15/h2-9,11H,1,10,12-13H2. The van der Waals surface area contributed by atoms with Crippen LogP contribution in [0.5, 0.6) is 0 Å². The van der Waals surface area contributed by atoms with E-state index < -0.39 is 0 Å². The first kappa shape index (κ1) is 17.4. The molecule has 0 fully saturated rings. The molecule has 0 saturated heterocycles. The van der Waals surface area contributed by atoms with Gasteiger partial charge in [0, 0.05) is 17.1 Å². The highest BCUT2D eigenvalue weighted by atomic mass is 32.2. The molecule has 0 saturated carbocycles. The van der Waals surface area contributed by atoms with E-state index in [0.29, 0.717) is 18.2 Å². The summed E-state index contributed by atoms with van der Waals surface area (Å²) < 4.78 is 1.71. The molecule has 2 aromatic heterocycles. The first-order valence-corrected chi connectivity index (χ1v) is 9.52. The summed E-state index contributed by atoms with van der Waals surface area (Å²) in [7, 11) is 0. The van der Waals surface area contributed by atoms with Gasteiger partial charge in [0.05, 0.1) is 12.3 Å². The van der Waals surface area contributed by atoms with E-state index in [-0.39, 0.29) is 11.7 Å². The number of hydrogen-bond acceptors (Lipinski definition) is 6. The van der Waals surface area contributed by atoms with Gasteiger partial charge in [-0.15, -0.1) is 23.0 Å². The van der Waals surface area contributed by atoms with Crippen LogP contribution in [0.3, 0.4) is 0 Å². The molecule has 0 N–H and O–H groups in total. The molecule has 1 aromatic carbocycles. The fourth-order valence-corrected chi connectivity index (χ4v) is 3.68. The number of anilines is 1. The summed E-state index contributed by atoms with van der Waals surface area (Å²) in [5.41, 5.74) is 0.853. The molecule has 0 radical (unpaired) electrons. The highest BCUT2D eigenvalue weighted by Crippen LogP contribution is 2.20. The first-order valence-electron chi connectivity index (χ1n) is 7.65. The Hall–Kier alpha value is -2.45. The number of amides is 1. The third-order valence-corrected chi connectivity index (χ3v) is 5.19. The molecule has 0 atom stereocenters. The summed E-state index contributed by atoms with van der Waals surface area (Å²) in [6, 6.07) is 13.6. The molecule has 3 rings (SSSR count). The fraction of sp³-hybridized carbons (Fsp3) is 0.176. The number of carbonyl (C=O) groups excluding carboxylic acids is 1. The van der Waals surface area contributed by atoms with Crippen molar-refractivity contribution < 1.29 is 4.79 Å². The smallest absolute Gasteiger partial charge is 0.237 e. The molecule has 6 nitrogen and oxygen atoms in total. The quantitative estimate of drug-likeness (QED) is 0.450. The lowest BCUT2D eigenvalue weighted by Crippen LogP contribution is -2.32. The molecule has 128 valence electrons. The maximum absolute atomic E-state index is 12.6. The van der Waals surface area contributed by atoms with E-state index in [9.17, 15) is 4.79 Å². The van der Waals surface area contributed by atoms with E-state index in [2.05, 4.69) is 22.1 Å². The Balaban J connectivity index is 1.65. The van der Waals surface area contributed by atoms with Crippen LogP contribution in [0, 0.1) is 0 Å². The summed E-state index contributed by atoms with van der Waals surface area (Å²) in [4.78, 5) is 15.5. The molecule has 0 bridgehead atoms. The Kier molecular flexibility index (Phi) is 5.97. The Morgan fingerprint density at radius 3 is 2.84 bits per heavy atom. The number of thiophene rings is 1. The van der Waals surface area contributed by atoms with E-state index in [1.54, 1.807) is 27.0 Å². The summed E-state index contributed by atoms with van der Waals surface area (Å²) in [5.74, 6) is 0.245. The van der Waals surface area contributed by atoms with Gasteiger partial charge < -0.3 is 4.90 Å². The average Bonchev–Trinajstić information content (AvgIpc) is 3.31. The highest BCUT2D eigenvalue weighted by Gasteiger charge is 2.17. The Morgan fingerprint density at radius 2 is 2.12 bits per heavy atom. The summed E-state index contributed by atoms with van der Waals surface area (Å²) in [6.07, 6.45) is 1.72. The van der Waals surface area contributed by atoms with Gasteiger partial charge in [0.2, 0.25) is 11.1 Å². The van der Waals surface area contributed by atoms with Crippen LogP contribution in [-0.2, 0) is 11.3 Å². The van der Waals surface area contributed by atoms with Gasteiger partial charge in [-0.1, -0.05) is 42.1 Å². The number of thioether (sulfide) groups is 1. The van der Waals surface area contributed by atoms with Gasteiger partial charge in [-0.3, -0.25) is 4.79 Å². The number of para-hydroxylation sites is 1. The van der Waals surface area contributed by atoms with Crippen LogP contribution in [0.1, 0.15) is 4.88 Å². The predicted molar refractivity (Wildman–Crippen MR) is 101 cm³/mol. The van der Waals surface area contributed by atoms with Crippen LogP contribution < -0.4 is 4.90 Å². The number of nitrogens with zero attached hydrogens (tertiary/aromatic N) is 5. The van der Waals surface area contributed by atoms with Crippen LogP contribution in [0.25, 0.3) is 0 Å². The Morgan fingerprint density at radius 1 is 1.28 bits per heavy atom. The molecule has 25 heavy (non-hydrogen) atoms. The second-order valence-corrected chi connectivity index (χ2v) is 7.09. The van der Waals surface area contributed by atoms with E-state index in [4.69, 9.17) is 0 Å². The lowest BCUT2D eigenvalue weighted by Gasteiger charge is -2.20. The van der Waals surface area contributed by atoms with Crippen molar-refractivity contribution in [2.45, 2.75) is 11.7 Å². The zero-order valence-corrected chi connectivity index (χ0v) is 15.1. The largest absolute Gasteiger partial charge is 0.308 e. The predicted octanol–water partition coefficient (Wildman–Crippen LogP) is 3.09. The van der Waals surface area contributed by atoms with Gasteiger partial charge in [-0.25, -0.2) is 4.68 Å². The van der Waals surface area contributed by atoms with Gasteiger partial charge in [0.1, 0.15) is 0 Å². The van der Waals surface area contributed by atoms with Gasteiger partial charge in [-0.2, -0.15) is 0 Å². The monoisotopic (exact) mass is 371 g/mol. The third-order valence-electron chi connectivity index (χ3n) is 3.39. The molecule has 2 heterocycles. The summed E-state index contributed by atoms with van der Waals surface area (Å²) >= 11 is 2.99. The molecule has 3 aromatic rings. The summed E-state index contributed by atoms with van der Waals surface area (Å²) in [6.45, 7) is 4.81. The van der Waals surface area contributed by atoms with Crippen molar-refractivity contribution in [3.05, 3.63) is 65.4 Å². The molecule has 1 amide bonds. The Bertz CT molecular complexity index is 817. The molecule has 0 spiro atoms. The van der Waals surface area contributed by atoms with Crippen molar-refractivity contribution in [1.82, 2.24) is 20.2 Å². The second kappa shape index (κ2) is 8.59. The molecular formula is C17H17N5OS2. The van der Waals surface area contributed by atoms with Crippen molar-refractivity contribution >= 4 is 34.7 Å². The third kappa shape index (κ3) is 4.55. The topological polar surface area (TPSA) is 63.9 Å². The van der Waals surface area contributed by atoms with Crippen LogP contribution in [0.15, 0.2) is 65.7 Å². The zero-order chi connectivity index (χ0) is 17.5. The fourth-order valence-electron chi connectivity index (χ4n) is 2.24. The highest BCUT2D eigenvalue weighted by molar-refractivity contribution is 7.99. The number of benzene rings is 1. The van der Waals surface area contributed by atoms with Crippen molar-refractivity contribution in [2.75, 3.05) is 17.2 Å². The van der Waals surface area contributed by atoms with Gasteiger partial charge in [0.15, 0.2) is 0 Å². The SMILES string of the molecule is C=CCN(C(=O)CSc1nnnn1Cc1cccs1)c1ccccc1. The number of aromatic nitrogens is 4. The number of rotatable bonds is 8. The minimum atomic E-state index is -0.0122. The average molecular weight is 371 g/mol. The van der Waals surface area contributed by atoms with Crippen molar-refractivity contribution in [3.63, 3.8) is 0 Å². The molecular weight excluding hydrogens is 354 g/mol. The number of tetrazole rings is 1. The number of carbonyl (C=O) groups is 1. The second-order valence-electron chi connectivity index (χ2n) is 5.12. The first-order chi connectivity index (χ1) is 12.3. The van der Waals surface area contributed by atoms with Gasteiger partial charge in [-0.05, 0) is 34.0 Å². The molecule has 0 aliphatic heterocycles. The lowest BCUT2D eigenvalue weighted by atomic mass is 10.3. The molecule has 8 heteroatoms. The van der Waals surface area contributed by atoms with Crippen molar-refractivity contribution in [2.24, 2.45) is 0 Å². The van der Waals surface area contributed by atoms with Crippen LogP contribution in [0.4, 0.5) is 5.69 Å². The maximum atomic E-state index is 12.6. The van der Waals surface area contributed by atoms with Crippen LogP contribution in [-0.4, -0.2) is 38.4 Å². The van der Waals surface area contributed by atoms with E-state index in [0.717, 1.165) is 10.6 Å². The molecule has 0 unspecified atom stereocenters. The lowest BCUT2D eigenvalue weighted by molar-refractivity contribution is -0.116. The van der Waals surface area contributed by atoms with Crippen LogP contribution >= 0.6 is 23.1 Å². The minimum absolute atomic E-state index is 0.0122. The minimum Gasteiger partial charge on any atom is -0.308 e. The van der Waals surface area contributed by atoms with Crippen molar-refractivity contribution in [3.8, 4) is 0 Å². The molecule has 0 aliphatic carbocycles. The zero-order valence-electron chi connectivity index (χ0n) is 13.5. The number of hydrogen-bond donors (Lipinski definition) is 0. The van der Waals surface area contributed by atoms with Crippen molar-refractivity contribution in [1.29, 1.82) is 0 Å². The van der Waals surface area contributed by atoms with E-state index in [1.807, 2.05) is 47.8 Å². The molecule has 0 aliphatic rings.